The van der Waals surface area contributed by atoms with Gasteiger partial charge in [0.05, 0.1) is 17.3 Å². The largest absolute Gasteiger partial charge is 0.506 e. The number of benzene rings is 5. The Bertz CT molecular complexity index is 2520. The molecule has 1 aromatic heterocycles. The first kappa shape index (κ1) is 42.3. The topological polar surface area (TPSA) is 176 Å². The molecular formula is C48H50N6O7. The van der Waals surface area contributed by atoms with Crippen LogP contribution >= 0.6 is 0 Å². The number of amides is 3. The number of carbonyl (C=O) groups is 3. The number of phenols is 1. The van der Waals surface area contributed by atoms with Gasteiger partial charge in [-0.3, -0.25) is 19.7 Å². The lowest BCUT2D eigenvalue weighted by Gasteiger charge is -2.31. The Morgan fingerprint density at radius 2 is 1.62 bits per heavy atom. The van der Waals surface area contributed by atoms with Crippen LogP contribution in [-0.4, -0.2) is 83.9 Å². The molecule has 0 saturated carbocycles. The highest BCUT2D eigenvalue weighted by atomic mass is 16.6. The van der Waals surface area contributed by atoms with Crippen molar-refractivity contribution in [3.63, 3.8) is 0 Å². The Balaban J connectivity index is 0.815. The van der Waals surface area contributed by atoms with Gasteiger partial charge in [0.1, 0.15) is 11.9 Å². The quantitative estimate of drug-likeness (QED) is 0.0591. The van der Waals surface area contributed by atoms with Gasteiger partial charge in [0.25, 0.3) is 5.91 Å². The minimum Gasteiger partial charge on any atom is -0.506 e. The summed E-state index contributed by atoms with van der Waals surface area (Å²) in [5.41, 5.74) is 5.89. The fraction of sp³-hybridized carbons (Fsp3) is 0.250. The van der Waals surface area contributed by atoms with Gasteiger partial charge in [0, 0.05) is 73.6 Å². The maximum atomic E-state index is 13.3. The molecule has 13 heteroatoms. The number of hydrogen-bond acceptors (Lipinski definition) is 9. The molecule has 13 nitrogen and oxygen atoms in total. The second-order valence-electron chi connectivity index (χ2n) is 15.1. The summed E-state index contributed by atoms with van der Waals surface area (Å²) in [7, 11) is 1.71. The molecule has 61 heavy (non-hydrogen) atoms. The Morgan fingerprint density at radius 1 is 0.869 bits per heavy atom. The second-order valence-corrected chi connectivity index (χ2v) is 15.1. The van der Waals surface area contributed by atoms with Crippen molar-refractivity contribution in [1.29, 1.82) is 0 Å². The number of nitrogens with one attached hydrogen (secondary N) is 4. The number of phenolic OH excluding ortho intramolecular Hbond substituents is 1. The first-order chi connectivity index (χ1) is 29.6. The van der Waals surface area contributed by atoms with E-state index in [9.17, 15) is 29.4 Å². The summed E-state index contributed by atoms with van der Waals surface area (Å²) in [6.45, 7) is 2.85. The SMILES string of the molecule is CN(C(=O)CCN1CCC(OC(=O)Nc2ccccc2-c2ccccc2)CC1)c1cccc(C(=O)Nc2ccc(CCNC[C@H](O)c3ccc(O)c4[nH]c(=O)ccc34)cc2)c1. The number of piperidine rings is 1. The van der Waals surface area contributed by atoms with Gasteiger partial charge in [-0.05, 0) is 91.0 Å². The van der Waals surface area contributed by atoms with E-state index < -0.39 is 12.2 Å². The molecule has 0 aliphatic carbocycles. The van der Waals surface area contributed by atoms with E-state index in [1.807, 2.05) is 78.9 Å². The molecule has 314 valence electrons. The summed E-state index contributed by atoms with van der Waals surface area (Å²) in [6.07, 6.45) is 0.792. The standard InChI is InChI=1S/C48H50N6O7/c1-53(45(58)25-29-54-27-23-37(24-28-54)61-48(60)51-41-13-6-5-12-38(41)33-8-3-2-4-9-33)36-11-7-10-34(30-36)47(59)50-35-16-14-32(15-17-35)22-26-49-31-43(56)39-18-20-42(55)46-40(39)19-21-44(57)52-46/h2-21,30,37,43,49,55-56H,22-29,31H2,1H3,(H,50,59)(H,51,60)(H,52,57)/t43-/m0/s1. The third-order valence-electron chi connectivity index (χ3n) is 11.0. The van der Waals surface area contributed by atoms with Crippen LogP contribution in [-0.2, 0) is 16.0 Å². The van der Waals surface area contributed by atoms with Gasteiger partial charge in [0.2, 0.25) is 11.5 Å². The molecule has 0 spiro atoms. The molecule has 3 amide bonds. The average Bonchev–Trinajstić information content (AvgIpc) is 3.28. The van der Waals surface area contributed by atoms with Crippen LogP contribution in [0.15, 0.2) is 132 Å². The highest BCUT2D eigenvalue weighted by Crippen LogP contribution is 2.30. The number of aromatic hydroxyl groups is 1. The van der Waals surface area contributed by atoms with E-state index >= 15 is 0 Å². The van der Waals surface area contributed by atoms with Crippen LogP contribution < -0.4 is 26.4 Å². The van der Waals surface area contributed by atoms with Gasteiger partial charge in [-0.2, -0.15) is 0 Å². The average molecular weight is 823 g/mol. The van der Waals surface area contributed by atoms with E-state index in [1.165, 1.54) is 12.1 Å². The van der Waals surface area contributed by atoms with E-state index in [-0.39, 0.29) is 35.8 Å². The minimum atomic E-state index is -0.850. The van der Waals surface area contributed by atoms with Crippen LogP contribution in [0.25, 0.3) is 22.0 Å². The Morgan fingerprint density at radius 3 is 2.41 bits per heavy atom. The number of aliphatic hydroxyl groups is 1. The van der Waals surface area contributed by atoms with Gasteiger partial charge < -0.3 is 40.4 Å². The van der Waals surface area contributed by atoms with Crippen LogP contribution in [0.3, 0.4) is 0 Å². The van der Waals surface area contributed by atoms with E-state index in [0.29, 0.717) is 91.0 Å². The molecule has 6 aromatic rings. The second kappa shape index (κ2) is 20.0. The first-order valence-corrected chi connectivity index (χ1v) is 20.5. The summed E-state index contributed by atoms with van der Waals surface area (Å²) in [5.74, 6) is -0.422. The van der Waals surface area contributed by atoms with Crippen molar-refractivity contribution in [3.8, 4) is 16.9 Å². The number of carbonyl (C=O) groups excluding carboxylic acids is 3. The molecule has 0 bridgehead atoms. The van der Waals surface area contributed by atoms with Crippen molar-refractivity contribution >= 4 is 45.9 Å². The molecule has 2 heterocycles. The van der Waals surface area contributed by atoms with E-state index in [0.717, 1.165) is 16.7 Å². The van der Waals surface area contributed by atoms with Crippen molar-refractivity contribution in [2.75, 3.05) is 55.3 Å². The maximum Gasteiger partial charge on any atom is 0.411 e. The number of pyridine rings is 1. The van der Waals surface area contributed by atoms with E-state index in [4.69, 9.17) is 4.74 Å². The summed E-state index contributed by atoms with van der Waals surface area (Å²) in [5, 5.41) is 30.6. The summed E-state index contributed by atoms with van der Waals surface area (Å²) < 4.78 is 5.77. The zero-order valence-electron chi connectivity index (χ0n) is 34.0. The number of likely N-dealkylation sites (tertiary alicyclic amines) is 1. The van der Waals surface area contributed by atoms with E-state index in [1.54, 1.807) is 48.3 Å². The van der Waals surface area contributed by atoms with E-state index in [2.05, 4.69) is 25.8 Å². The first-order valence-electron chi connectivity index (χ1n) is 20.5. The van der Waals surface area contributed by atoms with Crippen LogP contribution in [0.1, 0.15) is 46.9 Å². The summed E-state index contributed by atoms with van der Waals surface area (Å²) >= 11 is 0. The smallest absolute Gasteiger partial charge is 0.411 e. The van der Waals surface area contributed by atoms with Crippen molar-refractivity contribution < 1.29 is 29.3 Å². The highest BCUT2D eigenvalue weighted by Gasteiger charge is 2.24. The van der Waals surface area contributed by atoms with Gasteiger partial charge in [-0.1, -0.05) is 72.8 Å². The zero-order chi connectivity index (χ0) is 42.7. The number of aromatic amines is 1. The molecule has 6 N–H and O–H groups in total. The molecule has 7 rings (SSSR count). The fourth-order valence-corrected chi connectivity index (χ4v) is 7.51. The minimum absolute atomic E-state index is 0.0561. The molecule has 1 aliphatic heterocycles. The number of nitrogens with zero attached hydrogens (tertiary/aromatic N) is 2. The number of anilines is 3. The van der Waals surface area contributed by atoms with Crippen LogP contribution in [0.2, 0.25) is 0 Å². The Labute approximate surface area is 354 Å². The predicted molar refractivity (Wildman–Crippen MR) is 238 cm³/mol. The number of fused-ring (bicyclic) bond motifs is 1. The van der Waals surface area contributed by atoms with Crippen molar-refractivity contribution in [2.45, 2.75) is 37.9 Å². The van der Waals surface area contributed by atoms with Crippen LogP contribution in [0.5, 0.6) is 5.75 Å². The number of aromatic nitrogens is 1. The van der Waals surface area contributed by atoms with Crippen molar-refractivity contribution in [3.05, 3.63) is 154 Å². The third-order valence-corrected chi connectivity index (χ3v) is 11.0. The molecule has 1 saturated heterocycles. The zero-order valence-corrected chi connectivity index (χ0v) is 34.0. The summed E-state index contributed by atoms with van der Waals surface area (Å²) in [4.78, 5) is 57.4. The number of para-hydroxylation sites is 1. The Kier molecular flexibility index (Phi) is 13.9. The number of rotatable bonds is 15. The van der Waals surface area contributed by atoms with Gasteiger partial charge >= 0.3 is 6.09 Å². The van der Waals surface area contributed by atoms with Crippen molar-refractivity contribution in [1.82, 2.24) is 15.2 Å². The Hall–Kier alpha value is -6.80. The molecule has 5 aromatic carbocycles. The number of ether oxygens (including phenoxy) is 1. The van der Waals surface area contributed by atoms with Crippen molar-refractivity contribution in [2.24, 2.45) is 0 Å². The fourth-order valence-electron chi connectivity index (χ4n) is 7.51. The number of H-pyrrole nitrogens is 1. The maximum absolute atomic E-state index is 13.3. The number of hydrogen-bond donors (Lipinski definition) is 6. The normalized spacial score (nSPS) is 13.7. The highest BCUT2D eigenvalue weighted by molar-refractivity contribution is 6.05. The van der Waals surface area contributed by atoms with Crippen LogP contribution in [0.4, 0.5) is 21.9 Å². The molecule has 0 unspecified atom stereocenters. The number of aliphatic hydroxyl groups excluding tert-OH is 1. The molecule has 1 atom stereocenters. The third kappa shape index (κ3) is 11.1. The molecule has 1 aliphatic rings. The lowest BCUT2D eigenvalue weighted by atomic mass is 10.0. The lowest BCUT2D eigenvalue weighted by molar-refractivity contribution is -0.118. The summed E-state index contributed by atoms with van der Waals surface area (Å²) in [6, 6.07) is 38.1. The molecule has 1 fully saturated rings. The predicted octanol–water partition coefficient (Wildman–Crippen LogP) is 7.08. The van der Waals surface area contributed by atoms with Gasteiger partial charge in [-0.25, -0.2) is 4.79 Å². The lowest BCUT2D eigenvalue weighted by Crippen LogP contribution is -2.40. The monoisotopic (exact) mass is 822 g/mol. The van der Waals surface area contributed by atoms with Gasteiger partial charge in [0.15, 0.2) is 0 Å². The van der Waals surface area contributed by atoms with Crippen LogP contribution in [0, 0.1) is 0 Å². The van der Waals surface area contributed by atoms with Gasteiger partial charge in [-0.15, -0.1) is 0 Å². The molecule has 0 radical (unpaired) electrons. The molecular weight excluding hydrogens is 773 g/mol.